The van der Waals surface area contributed by atoms with Gasteiger partial charge in [0.2, 0.25) is 5.91 Å². The van der Waals surface area contributed by atoms with E-state index >= 15 is 0 Å². The number of hydrogen-bond donors (Lipinski definition) is 2. The number of nitrogens with zero attached hydrogens (tertiary/aromatic N) is 1. The van der Waals surface area contributed by atoms with Gasteiger partial charge in [0, 0.05) is 15.3 Å². The number of amides is 1. The number of carbonyl (C=O) groups excluding carboxylic acids is 1. The van der Waals surface area contributed by atoms with Crippen molar-refractivity contribution < 1.29 is 9.32 Å². The quantitative estimate of drug-likeness (QED) is 0.811. The smallest absolute Gasteiger partial charge is 0.247 e. The van der Waals surface area contributed by atoms with E-state index in [0.29, 0.717) is 11.6 Å². The van der Waals surface area contributed by atoms with Gasteiger partial charge in [0.1, 0.15) is 11.8 Å². The summed E-state index contributed by atoms with van der Waals surface area (Å²) in [6.07, 6.45) is 0. The molecule has 0 unspecified atom stereocenters. The zero-order valence-corrected chi connectivity index (χ0v) is 12.8. The molecule has 0 saturated heterocycles. The standard InChI is InChI=1S/C13H14IN3O2/c1-8-6-12(17-19-8)16-13(18)9(2)15-11-5-3-4-10(14)7-11/h3-7,9,15H,1-2H3,(H,16,17,18)/t9-/m0/s1. The van der Waals surface area contributed by atoms with Crippen LogP contribution in [-0.4, -0.2) is 17.1 Å². The van der Waals surface area contributed by atoms with Crippen molar-refractivity contribution in [2.45, 2.75) is 19.9 Å². The summed E-state index contributed by atoms with van der Waals surface area (Å²) in [7, 11) is 0. The van der Waals surface area contributed by atoms with Crippen LogP contribution in [-0.2, 0) is 4.79 Å². The van der Waals surface area contributed by atoms with Gasteiger partial charge in [-0.2, -0.15) is 0 Å². The molecule has 1 atom stereocenters. The molecular formula is C13H14IN3O2. The van der Waals surface area contributed by atoms with Crippen LogP contribution in [0.25, 0.3) is 0 Å². The Hall–Kier alpha value is -1.57. The second-order valence-electron chi connectivity index (χ2n) is 4.19. The zero-order chi connectivity index (χ0) is 13.8. The van der Waals surface area contributed by atoms with E-state index in [4.69, 9.17) is 4.52 Å². The molecular weight excluding hydrogens is 357 g/mol. The molecule has 0 aliphatic heterocycles. The number of aromatic nitrogens is 1. The maximum absolute atomic E-state index is 12.0. The molecule has 0 saturated carbocycles. The molecule has 2 aromatic rings. The lowest BCUT2D eigenvalue weighted by Crippen LogP contribution is -2.31. The molecule has 6 heteroatoms. The number of halogens is 1. The SMILES string of the molecule is Cc1cc(NC(=O)[C@H](C)Nc2cccc(I)c2)no1. The van der Waals surface area contributed by atoms with E-state index in [0.717, 1.165) is 9.26 Å². The average Bonchev–Trinajstić information content (AvgIpc) is 2.74. The molecule has 2 N–H and O–H groups in total. The van der Waals surface area contributed by atoms with Crippen LogP contribution in [0.4, 0.5) is 11.5 Å². The second kappa shape index (κ2) is 6.05. The van der Waals surface area contributed by atoms with Gasteiger partial charge in [-0.15, -0.1) is 0 Å². The number of rotatable bonds is 4. The van der Waals surface area contributed by atoms with Crippen molar-refractivity contribution in [1.82, 2.24) is 5.16 Å². The molecule has 0 bridgehead atoms. The van der Waals surface area contributed by atoms with Gasteiger partial charge in [-0.05, 0) is 54.6 Å². The zero-order valence-electron chi connectivity index (χ0n) is 10.6. The summed E-state index contributed by atoms with van der Waals surface area (Å²) in [5, 5.41) is 9.55. The maximum atomic E-state index is 12.0. The van der Waals surface area contributed by atoms with Crippen LogP contribution in [0.1, 0.15) is 12.7 Å². The summed E-state index contributed by atoms with van der Waals surface area (Å²) in [5.74, 6) is 0.930. The summed E-state index contributed by atoms with van der Waals surface area (Å²) in [6.45, 7) is 3.57. The number of carbonyl (C=O) groups is 1. The Kier molecular flexibility index (Phi) is 4.41. The van der Waals surface area contributed by atoms with Gasteiger partial charge >= 0.3 is 0 Å². The summed E-state index contributed by atoms with van der Waals surface area (Å²) >= 11 is 2.23. The number of nitrogens with one attached hydrogen (secondary N) is 2. The van der Waals surface area contributed by atoms with E-state index in [1.165, 1.54) is 0 Å². The normalized spacial score (nSPS) is 11.9. The van der Waals surface area contributed by atoms with Gasteiger partial charge in [0.15, 0.2) is 5.82 Å². The van der Waals surface area contributed by atoms with Crippen molar-refractivity contribution in [3.63, 3.8) is 0 Å². The minimum atomic E-state index is -0.366. The van der Waals surface area contributed by atoms with Gasteiger partial charge in [-0.3, -0.25) is 4.79 Å². The first-order valence-corrected chi connectivity index (χ1v) is 6.89. The average molecular weight is 371 g/mol. The molecule has 1 aromatic heterocycles. The van der Waals surface area contributed by atoms with Gasteiger partial charge in [0.05, 0.1) is 0 Å². The van der Waals surface area contributed by atoms with Gasteiger partial charge in [-0.25, -0.2) is 0 Å². The maximum Gasteiger partial charge on any atom is 0.247 e. The Balaban J connectivity index is 1.96. The molecule has 1 aromatic carbocycles. The Bertz CT molecular complexity index is 583. The third-order valence-corrected chi connectivity index (χ3v) is 3.15. The predicted octanol–water partition coefficient (Wildman–Crippen LogP) is 3.03. The lowest BCUT2D eigenvalue weighted by molar-refractivity contribution is -0.116. The van der Waals surface area contributed by atoms with Crippen LogP contribution >= 0.6 is 22.6 Å². The van der Waals surface area contributed by atoms with E-state index in [2.05, 4.69) is 38.4 Å². The Morgan fingerprint density at radius 1 is 1.42 bits per heavy atom. The van der Waals surface area contributed by atoms with Crippen LogP contribution in [0.3, 0.4) is 0 Å². The first-order valence-electron chi connectivity index (χ1n) is 5.81. The molecule has 100 valence electrons. The molecule has 5 nitrogen and oxygen atoms in total. The largest absolute Gasteiger partial charge is 0.374 e. The van der Waals surface area contributed by atoms with Crippen LogP contribution in [0.2, 0.25) is 0 Å². The predicted molar refractivity (Wildman–Crippen MR) is 82.1 cm³/mol. The van der Waals surface area contributed by atoms with Crippen LogP contribution in [0.5, 0.6) is 0 Å². The highest BCUT2D eigenvalue weighted by Crippen LogP contribution is 2.14. The third kappa shape index (κ3) is 3.95. The topological polar surface area (TPSA) is 67.2 Å². The molecule has 0 fully saturated rings. The van der Waals surface area contributed by atoms with E-state index in [1.807, 2.05) is 24.3 Å². The van der Waals surface area contributed by atoms with Crippen molar-refractivity contribution in [3.8, 4) is 0 Å². The highest BCUT2D eigenvalue weighted by molar-refractivity contribution is 14.1. The van der Waals surface area contributed by atoms with E-state index in [1.54, 1.807) is 19.9 Å². The number of hydrogen-bond acceptors (Lipinski definition) is 4. The molecule has 19 heavy (non-hydrogen) atoms. The second-order valence-corrected chi connectivity index (χ2v) is 5.43. The van der Waals surface area contributed by atoms with Crippen LogP contribution in [0, 0.1) is 10.5 Å². The van der Waals surface area contributed by atoms with E-state index in [-0.39, 0.29) is 11.9 Å². The summed E-state index contributed by atoms with van der Waals surface area (Å²) in [6, 6.07) is 9.15. The molecule has 0 spiro atoms. The molecule has 0 radical (unpaired) electrons. The van der Waals surface area contributed by atoms with E-state index < -0.39 is 0 Å². The number of anilines is 2. The number of aryl methyl sites for hydroxylation is 1. The summed E-state index contributed by atoms with van der Waals surface area (Å²) in [5.41, 5.74) is 0.908. The molecule has 1 amide bonds. The van der Waals surface area contributed by atoms with Crippen molar-refractivity contribution in [2.24, 2.45) is 0 Å². The van der Waals surface area contributed by atoms with Gasteiger partial charge in [-0.1, -0.05) is 11.2 Å². The Morgan fingerprint density at radius 3 is 2.84 bits per heavy atom. The molecule has 2 rings (SSSR count). The molecule has 1 heterocycles. The molecule has 0 aliphatic carbocycles. The third-order valence-electron chi connectivity index (χ3n) is 2.48. The minimum Gasteiger partial charge on any atom is -0.374 e. The monoisotopic (exact) mass is 371 g/mol. The van der Waals surface area contributed by atoms with Gasteiger partial charge in [0.25, 0.3) is 0 Å². The number of benzene rings is 1. The van der Waals surface area contributed by atoms with Crippen molar-refractivity contribution in [2.75, 3.05) is 10.6 Å². The van der Waals surface area contributed by atoms with Crippen LogP contribution < -0.4 is 10.6 Å². The van der Waals surface area contributed by atoms with Crippen LogP contribution in [0.15, 0.2) is 34.9 Å². The molecule has 0 aliphatic rings. The highest BCUT2D eigenvalue weighted by Gasteiger charge is 2.14. The minimum absolute atomic E-state index is 0.160. The lowest BCUT2D eigenvalue weighted by Gasteiger charge is -2.14. The fourth-order valence-electron chi connectivity index (χ4n) is 1.55. The first-order chi connectivity index (χ1) is 9.04. The van der Waals surface area contributed by atoms with Crippen molar-refractivity contribution in [3.05, 3.63) is 39.7 Å². The first kappa shape index (κ1) is 13.9. The van der Waals surface area contributed by atoms with Crippen molar-refractivity contribution >= 4 is 40.0 Å². The Labute approximate surface area is 124 Å². The fourth-order valence-corrected chi connectivity index (χ4v) is 2.10. The fraction of sp³-hybridized carbons (Fsp3) is 0.231. The summed E-state index contributed by atoms with van der Waals surface area (Å²) < 4.78 is 6.01. The van der Waals surface area contributed by atoms with Gasteiger partial charge < -0.3 is 15.2 Å². The highest BCUT2D eigenvalue weighted by atomic mass is 127. The lowest BCUT2D eigenvalue weighted by atomic mass is 10.2. The van der Waals surface area contributed by atoms with E-state index in [9.17, 15) is 4.79 Å². The Morgan fingerprint density at radius 2 is 2.21 bits per heavy atom. The van der Waals surface area contributed by atoms with Crippen molar-refractivity contribution in [1.29, 1.82) is 0 Å². The summed E-state index contributed by atoms with van der Waals surface area (Å²) in [4.78, 5) is 12.0.